The van der Waals surface area contributed by atoms with Crippen molar-refractivity contribution in [3.63, 3.8) is 0 Å². The van der Waals surface area contributed by atoms with Crippen molar-refractivity contribution in [2.45, 2.75) is 13.0 Å². The molecule has 0 amide bonds. The zero-order chi connectivity index (χ0) is 11.7. The van der Waals surface area contributed by atoms with Crippen LogP contribution in [0.2, 0.25) is 0 Å². The number of rotatable bonds is 3. The molecule has 3 N–H and O–H groups in total. The molecular weight excluding hydrogens is 207 g/mol. The standard InChI is InChI=1S/C11H15FN4/c1-7(6-13)14-11-15-9-5-8(12)3-4-10(9)16(11)2/h3-5,7H,6,13H2,1-2H3,(H,14,15). The van der Waals surface area contributed by atoms with E-state index in [0.29, 0.717) is 18.0 Å². The van der Waals surface area contributed by atoms with Crippen molar-refractivity contribution in [3.05, 3.63) is 24.0 Å². The predicted octanol–water partition coefficient (Wildman–Crippen LogP) is 1.47. The Kier molecular flexibility index (Phi) is 2.78. The fraction of sp³-hybridized carbons (Fsp3) is 0.364. The highest BCUT2D eigenvalue weighted by Crippen LogP contribution is 2.19. The minimum Gasteiger partial charge on any atom is -0.352 e. The molecule has 0 saturated carbocycles. The number of anilines is 1. The molecule has 0 aliphatic rings. The number of aryl methyl sites for hydroxylation is 1. The van der Waals surface area contributed by atoms with Crippen molar-refractivity contribution in [3.8, 4) is 0 Å². The lowest BCUT2D eigenvalue weighted by molar-refractivity contribution is 0.629. The van der Waals surface area contributed by atoms with Gasteiger partial charge in [0.2, 0.25) is 5.95 Å². The van der Waals surface area contributed by atoms with Gasteiger partial charge in [-0.2, -0.15) is 0 Å². The average Bonchev–Trinajstić information content (AvgIpc) is 2.55. The van der Waals surface area contributed by atoms with E-state index in [1.165, 1.54) is 12.1 Å². The third-order valence-corrected chi connectivity index (χ3v) is 2.57. The highest BCUT2D eigenvalue weighted by molar-refractivity contribution is 5.78. The minimum absolute atomic E-state index is 0.139. The maximum atomic E-state index is 13.0. The van der Waals surface area contributed by atoms with Gasteiger partial charge < -0.3 is 15.6 Å². The molecule has 0 spiro atoms. The zero-order valence-electron chi connectivity index (χ0n) is 9.37. The van der Waals surface area contributed by atoms with Crippen LogP contribution in [0.5, 0.6) is 0 Å². The molecular formula is C11H15FN4. The van der Waals surface area contributed by atoms with Crippen LogP contribution in [0.25, 0.3) is 11.0 Å². The van der Waals surface area contributed by atoms with Gasteiger partial charge in [-0.25, -0.2) is 9.37 Å². The lowest BCUT2D eigenvalue weighted by atomic mass is 10.3. The summed E-state index contributed by atoms with van der Waals surface area (Å²) in [5, 5.41) is 3.17. The monoisotopic (exact) mass is 222 g/mol. The number of hydrogen-bond acceptors (Lipinski definition) is 3. The first-order chi connectivity index (χ1) is 7.61. The molecule has 0 bridgehead atoms. The molecule has 0 radical (unpaired) electrons. The molecule has 0 aliphatic carbocycles. The van der Waals surface area contributed by atoms with Crippen LogP contribution in [-0.4, -0.2) is 22.1 Å². The van der Waals surface area contributed by atoms with Gasteiger partial charge in [0.25, 0.3) is 0 Å². The second-order valence-electron chi connectivity index (χ2n) is 3.91. The van der Waals surface area contributed by atoms with Gasteiger partial charge in [-0.15, -0.1) is 0 Å². The lowest BCUT2D eigenvalue weighted by Gasteiger charge is -2.11. The van der Waals surface area contributed by atoms with E-state index in [4.69, 9.17) is 5.73 Å². The summed E-state index contributed by atoms with van der Waals surface area (Å²) in [4.78, 5) is 4.32. The maximum absolute atomic E-state index is 13.0. The Morgan fingerprint density at radius 2 is 2.31 bits per heavy atom. The second kappa shape index (κ2) is 4.09. The van der Waals surface area contributed by atoms with Gasteiger partial charge in [0.15, 0.2) is 0 Å². The molecule has 1 heterocycles. The minimum atomic E-state index is -0.274. The van der Waals surface area contributed by atoms with E-state index in [-0.39, 0.29) is 11.9 Å². The number of aromatic nitrogens is 2. The first kappa shape index (κ1) is 10.9. The van der Waals surface area contributed by atoms with Gasteiger partial charge in [-0.3, -0.25) is 0 Å². The van der Waals surface area contributed by atoms with E-state index in [9.17, 15) is 4.39 Å². The van der Waals surface area contributed by atoms with Gasteiger partial charge in [0.05, 0.1) is 11.0 Å². The summed E-state index contributed by atoms with van der Waals surface area (Å²) in [6.07, 6.45) is 0. The third-order valence-electron chi connectivity index (χ3n) is 2.57. The maximum Gasteiger partial charge on any atom is 0.203 e. The molecule has 0 saturated heterocycles. The Bertz CT molecular complexity index is 506. The predicted molar refractivity (Wildman–Crippen MR) is 62.8 cm³/mol. The molecule has 4 nitrogen and oxygen atoms in total. The molecule has 1 unspecified atom stereocenters. The summed E-state index contributed by atoms with van der Waals surface area (Å²) in [5.74, 6) is 0.433. The first-order valence-corrected chi connectivity index (χ1v) is 5.20. The van der Waals surface area contributed by atoms with Crippen molar-refractivity contribution in [2.75, 3.05) is 11.9 Å². The molecule has 86 valence electrons. The number of hydrogen-bond donors (Lipinski definition) is 2. The van der Waals surface area contributed by atoms with Gasteiger partial charge >= 0.3 is 0 Å². The molecule has 2 rings (SSSR count). The number of benzene rings is 1. The highest BCUT2D eigenvalue weighted by Gasteiger charge is 2.09. The summed E-state index contributed by atoms with van der Waals surface area (Å²) >= 11 is 0. The summed E-state index contributed by atoms with van der Waals surface area (Å²) in [6, 6.07) is 4.71. The Hall–Kier alpha value is -1.62. The van der Waals surface area contributed by atoms with Gasteiger partial charge in [-0.1, -0.05) is 0 Å². The van der Waals surface area contributed by atoms with Crippen LogP contribution in [-0.2, 0) is 7.05 Å². The van der Waals surface area contributed by atoms with E-state index >= 15 is 0 Å². The molecule has 1 aromatic heterocycles. The van der Waals surface area contributed by atoms with Crippen LogP contribution in [0.1, 0.15) is 6.92 Å². The van der Waals surface area contributed by atoms with Gasteiger partial charge in [-0.05, 0) is 19.1 Å². The van der Waals surface area contributed by atoms with E-state index < -0.39 is 0 Å². The molecule has 1 aromatic carbocycles. The van der Waals surface area contributed by atoms with E-state index in [1.54, 1.807) is 6.07 Å². The van der Waals surface area contributed by atoms with Crippen LogP contribution in [0.3, 0.4) is 0 Å². The number of nitrogens with one attached hydrogen (secondary N) is 1. The quantitative estimate of drug-likeness (QED) is 0.826. The van der Waals surface area contributed by atoms with Crippen LogP contribution in [0.15, 0.2) is 18.2 Å². The van der Waals surface area contributed by atoms with Crippen LogP contribution in [0.4, 0.5) is 10.3 Å². The number of halogens is 1. The van der Waals surface area contributed by atoms with Crippen molar-refractivity contribution in [2.24, 2.45) is 12.8 Å². The average molecular weight is 222 g/mol. The van der Waals surface area contributed by atoms with E-state index in [2.05, 4.69) is 10.3 Å². The molecule has 1 atom stereocenters. The smallest absolute Gasteiger partial charge is 0.203 e. The summed E-state index contributed by atoms with van der Waals surface area (Å²) in [5.41, 5.74) is 7.07. The molecule has 0 aliphatic heterocycles. The van der Waals surface area contributed by atoms with Crippen molar-refractivity contribution in [1.82, 2.24) is 9.55 Å². The largest absolute Gasteiger partial charge is 0.352 e. The second-order valence-corrected chi connectivity index (χ2v) is 3.91. The fourth-order valence-electron chi connectivity index (χ4n) is 1.58. The Labute approximate surface area is 93.3 Å². The zero-order valence-corrected chi connectivity index (χ0v) is 9.37. The number of fused-ring (bicyclic) bond motifs is 1. The van der Waals surface area contributed by atoms with Gasteiger partial charge in [0.1, 0.15) is 5.82 Å². The summed E-state index contributed by atoms with van der Waals surface area (Å²) in [7, 11) is 1.89. The van der Waals surface area contributed by atoms with Gasteiger partial charge in [0, 0.05) is 25.7 Å². The lowest BCUT2D eigenvalue weighted by Crippen LogP contribution is -2.26. The number of nitrogens with zero attached hydrogens (tertiary/aromatic N) is 2. The molecule has 5 heteroatoms. The van der Waals surface area contributed by atoms with E-state index in [0.717, 1.165) is 5.52 Å². The summed E-state index contributed by atoms with van der Waals surface area (Å²) in [6.45, 7) is 2.50. The van der Waals surface area contributed by atoms with Crippen LogP contribution >= 0.6 is 0 Å². The molecule has 2 aromatic rings. The molecule has 0 fully saturated rings. The third kappa shape index (κ3) is 1.86. The SMILES string of the molecule is CC(CN)Nc1nc2cc(F)ccc2n1C. The first-order valence-electron chi connectivity index (χ1n) is 5.20. The van der Waals surface area contributed by atoms with E-state index in [1.807, 2.05) is 18.5 Å². The highest BCUT2D eigenvalue weighted by atomic mass is 19.1. The Morgan fingerprint density at radius 3 is 3.00 bits per heavy atom. The fourth-order valence-corrected chi connectivity index (χ4v) is 1.58. The van der Waals surface area contributed by atoms with Crippen molar-refractivity contribution >= 4 is 17.0 Å². The summed E-state index contributed by atoms with van der Waals surface area (Å²) < 4.78 is 14.9. The normalized spacial score (nSPS) is 13.0. The van der Waals surface area contributed by atoms with Crippen molar-refractivity contribution < 1.29 is 4.39 Å². The van der Waals surface area contributed by atoms with Crippen LogP contribution < -0.4 is 11.1 Å². The Balaban J connectivity index is 2.43. The number of imidazole rings is 1. The molecule has 16 heavy (non-hydrogen) atoms. The number of nitrogens with two attached hydrogens (primary N) is 1. The van der Waals surface area contributed by atoms with Crippen molar-refractivity contribution in [1.29, 1.82) is 0 Å². The van der Waals surface area contributed by atoms with Crippen LogP contribution in [0, 0.1) is 5.82 Å². The Morgan fingerprint density at radius 1 is 1.56 bits per heavy atom. The topological polar surface area (TPSA) is 55.9 Å².